The molecule has 0 unspecified atom stereocenters. The molecule has 1 saturated carbocycles. The smallest absolute Gasteiger partial charge is 0.141 e. The van der Waals surface area contributed by atoms with Gasteiger partial charge in [0.2, 0.25) is 0 Å². The monoisotopic (exact) mass is 281 g/mol. The SMILES string of the molecule is CCNc1cc(CC)nc(C2(c3ccccc3)CCC2)n1. The van der Waals surface area contributed by atoms with Crippen LogP contribution in [0.5, 0.6) is 0 Å². The van der Waals surface area contributed by atoms with Crippen LogP contribution in [0.1, 0.15) is 50.2 Å². The van der Waals surface area contributed by atoms with Crippen molar-refractivity contribution in [2.45, 2.75) is 44.9 Å². The molecule has 1 aromatic carbocycles. The molecule has 3 heteroatoms. The van der Waals surface area contributed by atoms with Crippen LogP contribution in [-0.4, -0.2) is 16.5 Å². The Kier molecular flexibility index (Phi) is 3.91. The van der Waals surface area contributed by atoms with Gasteiger partial charge in [0, 0.05) is 18.3 Å². The molecule has 2 aromatic rings. The number of hydrogen-bond acceptors (Lipinski definition) is 3. The van der Waals surface area contributed by atoms with E-state index in [0.717, 1.165) is 43.1 Å². The summed E-state index contributed by atoms with van der Waals surface area (Å²) < 4.78 is 0. The molecule has 1 aliphatic carbocycles. The summed E-state index contributed by atoms with van der Waals surface area (Å²) in [5.74, 6) is 1.96. The molecular weight excluding hydrogens is 258 g/mol. The van der Waals surface area contributed by atoms with Crippen molar-refractivity contribution in [1.29, 1.82) is 0 Å². The predicted octanol–water partition coefficient (Wildman–Crippen LogP) is 3.94. The summed E-state index contributed by atoms with van der Waals surface area (Å²) in [4.78, 5) is 9.67. The quantitative estimate of drug-likeness (QED) is 0.902. The Hall–Kier alpha value is -1.90. The molecule has 3 nitrogen and oxygen atoms in total. The van der Waals surface area contributed by atoms with Crippen LogP contribution >= 0.6 is 0 Å². The fourth-order valence-corrected chi connectivity index (χ4v) is 3.09. The van der Waals surface area contributed by atoms with Crippen LogP contribution in [0.25, 0.3) is 0 Å². The van der Waals surface area contributed by atoms with Gasteiger partial charge in [-0.05, 0) is 31.7 Å². The van der Waals surface area contributed by atoms with Crippen molar-refractivity contribution in [1.82, 2.24) is 9.97 Å². The van der Waals surface area contributed by atoms with Crippen LogP contribution in [0.15, 0.2) is 36.4 Å². The van der Waals surface area contributed by atoms with E-state index >= 15 is 0 Å². The number of nitrogens with one attached hydrogen (secondary N) is 1. The minimum absolute atomic E-state index is 0.0244. The van der Waals surface area contributed by atoms with Crippen molar-refractivity contribution in [3.63, 3.8) is 0 Å². The summed E-state index contributed by atoms with van der Waals surface area (Å²) in [6.45, 7) is 5.14. The zero-order valence-electron chi connectivity index (χ0n) is 12.9. The first-order valence-electron chi connectivity index (χ1n) is 7.96. The minimum Gasteiger partial charge on any atom is -0.370 e. The average molecular weight is 281 g/mol. The van der Waals surface area contributed by atoms with Gasteiger partial charge in [0.15, 0.2) is 0 Å². The zero-order valence-corrected chi connectivity index (χ0v) is 12.9. The molecular formula is C18H23N3. The van der Waals surface area contributed by atoms with Crippen molar-refractivity contribution in [3.8, 4) is 0 Å². The van der Waals surface area contributed by atoms with Gasteiger partial charge in [-0.3, -0.25) is 0 Å². The highest BCUT2D eigenvalue weighted by atomic mass is 15.0. The summed E-state index contributed by atoms with van der Waals surface area (Å²) in [5.41, 5.74) is 2.50. The normalized spacial score (nSPS) is 16.3. The standard InChI is InChI=1S/C18H23N3/c1-3-15-13-16(19-4-2)21-17(20-15)18(11-8-12-18)14-9-6-5-7-10-14/h5-7,9-10,13H,3-4,8,11-12H2,1-2H3,(H,19,20,21). The van der Waals surface area contributed by atoms with Gasteiger partial charge in [0.25, 0.3) is 0 Å². The Labute approximate surface area is 126 Å². The lowest BCUT2D eigenvalue weighted by Gasteiger charge is -2.41. The van der Waals surface area contributed by atoms with E-state index in [1.54, 1.807) is 0 Å². The first-order chi connectivity index (χ1) is 10.3. The van der Waals surface area contributed by atoms with E-state index in [1.807, 2.05) is 0 Å². The van der Waals surface area contributed by atoms with Crippen molar-refractivity contribution in [2.75, 3.05) is 11.9 Å². The van der Waals surface area contributed by atoms with Gasteiger partial charge in [-0.1, -0.05) is 43.7 Å². The summed E-state index contributed by atoms with van der Waals surface area (Å²) in [6, 6.07) is 12.8. The fourth-order valence-electron chi connectivity index (χ4n) is 3.09. The third kappa shape index (κ3) is 2.53. The van der Waals surface area contributed by atoms with Crippen LogP contribution in [0, 0.1) is 0 Å². The number of aryl methyl sites for hydroxylation is 1. The van der Waals surface area contributed by atoms with Crippen LogP contribution in [0.2, 0.25) is 0 Å². The summed E-state index contributed by atoms with van der Waals surface area (Å²) in [6.07, 6.45) is 4.50. The van der Waals surface area contributed by atoms with Gasteiger partial charge in [-0.15, -0.1) is 0 Å². The highest BCUT2D eigenvalue weighted by Gasteiger charge is 2.43. The molecule has 1 aromatic heterocycles. The number of hydrogen-bond donors (Lipinski definition) is 1. The van der Waals surface area contributed by atoms with E-state index in [1.165, 1.54) is 12.0 Å². The largest absolute Gasteiger partial charge is 0.370 e. The van der Waals surface area contributed by atoms with E-state index < -0.39 is 0 Å². The second-order valence-electron chi connectivity index (χ2n) is 5.75. The van der Waals surface area contributed by atoms with Crippen LogP contribution in [-0.2, 0) is 11.8 Å². The molecule has 0 amide bonds. The number of anilines is 1. The van der Waals surface area contributed by atoms with E-state index in [9.17, 15) is 0 Å². The van der Waals surface area contributed by atoms with Gasteiger partial charge in [0.1, 0.15) is 11.6 Å². The Morgan fingerprint density at radius 2 is 1.86 bits per heavy atom. The number of nitrogens with zero attached hydrogens (tertiary/aromatic N) is 2. The van der Waals surface area contributed by atoms with Crippen molar-refractivity contribution >= 4 is 5.82 Å². The maximum Gasteiger partial charge on any atom is 0.141 e. The van der Waals surface area contributed by atoms with Crippen LogP contribution in [0.4, 0.5) is 5.82 Å². The molecule has 0 saturated heterocycles. The first kappa shape index (κ1) is 14.1. The lowest BCUT2D eigenvalue weighted by atomic mass is 9.64. The topological polar surface area (TPSA) is 37.8 Å². The molecule has 3 rings (SSSR count). The van der Waals surface area contributed by atoms with Crippen molar-refractivity contribution in [2.24, 2.45) is 0 Å². The van der Waals surface area contributed by atoms with Gasteiger partial charge in [-0.25, -0.2) is 9.97 Å². The molecule has 0 bridgehead atoms. The summed E-state index contributed by atoms with van der Waals surface area (Å²) in [5, 5.41) is 3.34. The second kappa shape index (κ2) is 5.84. The Bertz CT molecular complexity index is 603. The zero-order chi connectivity index (χ0) is 14.7. The molecule has 110 valence electrons. The van der Waals surface area contributed by atoms with E-state index in [-0.39, 0.29) is 5.41 Å². The lowest BCUT2D eigenvalue weighted by Crippen LogP contribution is -2.37. The molecule has 0 radical (unpaired) electrons. The maximum absolute atomic E-state index is 4.85. The second-order valence-corrected chi connectivity index (χ2v) is 5.75. The Morgan fingerprint density at radius 3 is 2.43 bits per heavy atom. The van der Waals surface area contributed by atoms with Crippen LogP contribution < -0.4 is 5.32 Å². The third-order valence-electron chi connectivity index (χ3n) is 4.46. The molecule has 0 atom stereocenters. The Balaban J connectivity index is 2.06. The molecule has 21 heavy (non-hydrogen) atoms. The van der Waals surface area contributed by atoms with Crippen molar-refractivity contribution < 1.29 is 0 Å². The van der Waals surface area contributed by atoms with Gasteiger partial charge >= 0.3 is 0 Å². The third-order valence-corrected chi connectivity index (χ3v) is 4.46. The first-order valence-corrected chi connectivity index (χ1v) is 7.96. The highest BCUT2D eigenvalue weighted by molar-refractivity contribution is 5.42. The van der Waals surface area contributed by atoms with Gasteiger partial charge in [-0.2, -0.15) is 0 Å². The Morgan fingerprint density at radius 1 is 1.10 bits per heavy atom. The molecule has 0 aliphatic heterocycles. The fraction of sp³-hybridized carbons (Fsp3) is 0.444. The number of rotatable bonds is 5. The maximum atomic E-state index is 4.85. The van der Waals surface area contributed by atoms with Crippen molar-refractivity contribution in [3.05, 3.63) is 53.5 Å². The highest BCUT2D eigenvalue weighted by Crippen LogP contribution is 2.47. The molecule has 0 spiro atoms. The summed E-state index contributed by atoms with van der Waals surface area (Å²) >= 11 is 0. The lowest BCUT2D eigenvalue weighted by molar-refractivity contribution is 0.284. The minimum atomic E-state index is 0.0244. The molecule has 1 aliphatic rings. The number of aromatic nitrogens is 2. The molecule has 1 heterocycles. The van der Waals surface area contributed by atoms with E-state index in [2.05, 4.69) is 55.6 Å². The average Bonchev–Trinajstić information content (AvgIpc) is 2.47. The van der Waals surface area contributed by atoms with Gasteiger partial charge in [0.05, 0.1) is 5.41 Å². The van der Waals surface area contributed by atoms with E-state index in [4.69, 9.17) is 9.97 Å². The molecule has 1 N–H and O–H groups in total. The number of benzene rings is 1. The summed E-state index contributed by atoms with van der Waals surface area (Å²) in [7, 11) is 0. The molecule has 1 fully saturated rings. The van der Waals surface area contributed by atoms with E-state index in [0.29, 0.717) is 0 Å². The predicted molar refractivity (Wildman–Crippen MR) is 86.6 cm³/mol. The van der Waals surface area contributed by atoms with Gasteiger partial charge < -0.3 is 5.32 Å². The van der Waals surface area contributed by atoms with Crippen LogP contribution in [0.3, 0.4) is 0 Å².